The molecule has 1 aromatic carbocycles. The van der Waals surface area contributed by atoms with E-state index in [0.717, 1.165) is 10.9 Å². The lowest BCUT2D eigenvalue weighted by Crippen LogP contribution is -2.36. The first-order valence-corrected chi connectivity index (χ1v) is 7.33. The summed E-state index contributed by atoms with van der Waals surface area (Å²) in [6, 6.07) is 7.29. The zero-order valence-corrected chi connectivity index (χ0v) is 12.2. The smallest absolute Gasteiger partial charge is 0.307 e. The van der Waals surface area contributed by atoms with Crippen molar-refractivity contribution in [3.63, 3.8) is 0 Å². The molecule has 3 rings (SSSR count). The molecule has 1 saturated carbocycles. The van der Waals surface area contributed by atoms with E-state index in [1.165, 1.54) is 0 Å². The van der Waals surface area contributed by atoms with Gasteiger partial charge in [-0.2, -0.15) is 0 Å². The summed E-state index contributed by atoms with van der Waals surface area (Å²) in [7, 11) is 0. The van der Waals surface area contributed by atoms with Gasteiger partial charge in [-0.25, -0.2) is 0 Å². The lowest BCUT2D eigenvalue weighted by molar-refractivity contribution is -0.146. The lowest BCUT2D eigenvalue weighted by Gasteiger charge is -2.23. The Kier molecular flexibility index (Phi) is 3.38. The van der Waals surface area contributed by atoms with Gasteiger partial charge in [0, 0.05) is 10.2 Å². The van der Waals surface area contributed by atoms with Gasteiger partial charge in [0.25, 0.3) is 0 Å². The molecule has 2 aliphatic carbocycles. The van der Waals surface area contributed by atoms with Crippen LogP contribution in [0, 0.1) is 23.7 Å². The number of benzene rings is 1. The molecular weight excluding hydrogens is 322 g/mol. The fourth-order valence-corrected chi connectivity index (χ4v) is 3.71. The molecule has 1 aromatic rings. The predicted octanol–water partition coefficient (Wildman–Crippen LogP) is 2.91. The maximum atomic E-state index is 12.4. The topological polar surface area (TPSA) is 66.4 Å². The molecule has 4 atom stereocenters. The first-order chi connectivity index (χ1) is 9.56. The number of hydrogen-bond acceptors (Lipinski definition) is 2. The number of carboxylic acids is 1. The Bertz CT molecular complexity index is 599. The number of carboxylic acid groups (broad SMARTS) is 1. The molecule has 0 unspecified atom stereocenters. The number of allylic oxidation sites excluding steroid dienone is 2. The van der Waals surface area contributed by atoms with Crippen LogP contribution in [0.25, 0.3) is 0 Å². The van der Waals surface area contributed by atoms with Crippen molar-refractivity contribution in [3.05, 3.63) is 40.9 Å². The van der Waals surface area contributed by atoms with Gasteiger partial charge in [0.05, 0.1) is 11.8 Å². The molecular formula is C15H14BrNO3. The van der Waals surface area contributed by atoms with E-state index in [-0.39, 0.29) is 17.7 Å². The maximum Gasteiger partial charge on any atom is 0.307 e. The van der Waals surface area contributed by atoms with Crippen LogP contribution in [-0.4, -0.2) is 17.0 Å². The monoisotopic (exact) mass is 335 g/mol. The average molecular weight is 336 g/mol. The van der Waals surface area contributed by atoms with E-state index in [4.69, 9.17) is 0 Å². The summed E-state index contributed by atoms with van der Waals surface area (Å²) in [4.78, 5) is 23.8. The second-order valence-corrected chi connectivity index (χ2v) is 6.25. The van der Waals surface area contributed by atoms with Crippen LogP contribution in [0.3, 0.4) is 0 Å². The zero-order valence-electron chi connectivity index (χ0n) is 10.6. The van der Waals surface area contributed by atoms with Crippen molar-refractivity contribution in [2.75, 3.05) is 5.32 Å². The normalized spacial score (nSPS) is 30.4. The molecule has 0 spiro atoms. The Balaban J connectivity index is 1.80. The standard InChI is InChI=1S/C15H14BrNO3/c16-10-2-1-3-11(7-10)17-14(18)12-8-4-5-9(6-8)13(12)15(19)20/h1-5,7-9,12-13H,6H2,(H,17,18)(H,19,20)/t8-,9-,12+,13+/m0/s1. The van der Waals surface area contributed by atoms with Gasteiger partial charge < -0.3 is 10.4 Å². The van der Waals surface area contributed by atoms with Crippen molar-refractivity contribution in [1.82, 2.24) is 0 Å². The van der Waals surface area contributed by atoms with E-state index in [0.29, 0.717) is 5.69 Å². The summed E-state index contributed by atoms with van der Waals surface area (Å²) in [6.07, 6.45) is 4.69. The minimum Gasteiger partial charge on any atom is -0.481 e. The van der Waals surface area contributed by atoms with Gasteiger partial charge in [-0.1, -0.05) is 34.1 Å². The Morgan fingerprint density at radius 3 is 2.55 bits per heavy atom. The molecule has 0 heterocycles. The van der Waals surface area contributed by atoms with Crippen molar-refractivity contribution in [2.45, 2.75) is 6.42 Å². The second kappa shape index (κ2) is 5.05. The molecule has 1 fully saturated rings. The van der Waals surface area contributed by atoms with Crippen molar-refractivity contribution < 1.29 is 14.7 Å². The molecule has 0 aromatic heterocycles. The quantitative estimate of drug-likeness (QED) is 0.834. The number of amides is 1. The first kappa shape index (κ1) is 13.4. The Morgan fingerprint density at radius 1 is 1.20 bits per heavy atom. The molecule has 1 amide bonds. The molecule has 2 N–H and O–H groups in total. The Labute approximate surface area is 125 Å². The van der Waals surface area contributed by atoms with Crippen LogP contribution >= 0.6 is 15.9 Å². The number of aliphatic carboxylic acids is 1. The van der Waals surface area contributed by atoms with Crippen LogP contribution in [0.15, 0.2) is 40.9 Å². The third-order valence-corrected chi connectivity index (χ3v) is 4.63. The molecule has 4 nitrogen and oxygen atoms in total. The molecule has 5 heteroatoms. The lowest BCUT2D eigenvalue weighted by atomic mass is 9.82. The first-order valence-electron chi connectivity index (χ1n) is 6.54. The fourth-order valence-electron chi connectivity index (χ4n) is 3.31. The van der Waals surface area contributed by atoms with Gasteiger partial charge in [-0.15, -0.1) is 0 Å². The highest BCUT2D eigenvalue weighted by Gasteiger charge is 2.51. The van der Waals surface area contributed by atoms with E-state index < -0.39 is 17.8 Å². The highest BCUT2D eigenvalue weighted by Crippen LogP contribution is 2.48. The van der Waals surface area contributed by atoms with Crippen LogP contribution < -0.4 is 5.32 Å². The van der Waals surface area contributed by atoms with E-state index in [1.807, 2.05) is 24.3 Å². The van der Waals surface area contributed by atoms with Crippen molar-refractivity contribution in [1.29, 1.82) is 0 Å². The van der Waals surface area contributed by atoms with Gasteiger partial charge >= 0.3 is 5.97 Å². The minimum atomic E-state index is -0.878. The summed E-state index contributed by atoms with van der Waals surface area (Å²) in [6.45, 7) is 0. The van der Waals surface area contributed by atoms with Crippen molar-refractivity contribution >= 4 is 33.5 Å². The van der Waals surface area contributed by atoms with Crippen LogP contribution in [0.1, 0.15) is 6.42 Å². The van der Waals surface area contributed by atoms with Crippen LogP contribution in [-0.2, 0) is 9.59 Å². The minimum absolute atomic E-state index is 0.00393. The molecule has 0 radical (unpaired) electrons. The second-order valence-electron chi connectivity index (χ2n) is 5.34. The number of halogens is 1. The number of hydrogen-bond donors (Lipinski definition) is 2. The Morgan fingerprint density at radius 2 is 1.90 bits per heavy atom. The summed E-state index contributed by atoms with van der Waals surface area (Å²) < 4.78 is 0.873. The number of rotatable bonds is 3. The van der Waals surface area contributed by atoms with Crippen LogP contribution in [0.4, 0.5) is 5.69 Å². The van der Waals surface area contributed by atoms with Gasteiger partial charge in [0.2, 0.25) is 5.91 Å². The van der Waals surface area contributed by atoms with Crippen LogP contribution in [0.2, 0.25) is 0 Å². The van der Waals surface area contributed by atoms with E-state index in [9.17, 15) is 14.7 Å². The summed E-state index contributed by atoms with van der Waals surface area (Å²) in [5.41, 5.74) is 0.681. The number of carbonyl (C=O) groups excluding carboxylic acids is 1. The number of anilines is 1. The molecule has 0 aliphatic heterocycles. The summed E-state index contributed by atoms with van der Waals surface area (Å²) in [5, 5.41) is 12.2. The third kappa shape index (κ3) is 2.26. The zero-order chi connectivity index (χ0) is 14.3. The van der Waals surface area contributed by atoms with Crippen molar-refractivity contribution in [2.24, 2.45) is 23.7 Å². The molecule has 20 heavy (non-hydrogen) atoms. The van der Waals surface area contributed by atoms with Crippen molar-refractivity contribution in [3.8, 4) is 0 Å². The molecule has 0 saturated heterocycles. The largest absolute Gasteiger partial charge is 0.481 e. The van der Waals surface area contributed by atoms with Gasteiger partial charge in [-0.3, -0.25) is 9.59 Å². The highest BCUT2D eigenvalue weighted by atomic mass is 79.9. The third-order valence-electron chi connectivity index (χ3n) is 4.14. The van der Waals surface area contributed by atoms with E-state index in [1.54, 1.807) is 12.1 Å². The highest BCUT2D eigenvalue weighted by molar-refractivity contribution is 9.10. The average Bonchev–Trinajstić information content (AvgIpc) is 2.98. The molecule has 2 aliphatic rings. The summed E-state index contributed by atoms with van der Waals surface area (Å²) >= 11 is 3.35. The SMILES string of the molecule is O=C(O)[C@H]1[C@H](C(=O)Nc2cccc(Br)c2)[C@H]2C=C[C@H]1C2. The number of fused-ring (bicyclic) bond motifs is 2. The predicted molar refractivity (Wildman–Crippen MR) is 78.1 cm³/mol. The molecule has 104 valence electrons. The van der Waals surface area contributed by atoms with Gasteiger partial charge in [0.15, 0.2) is 0 Å². The van der Waals surface area contributed by atoms with E-state index >= 15 is 0 Å². The summed E-state index contributed by atoms with van der Waals surface area (Å²) in [5.74, 6) is -2.11. The fraction of sp³-hybridized carbons (Fsp3) is 0.333. The van der Waals surface area contributed by atoms with Gasteiger partial charge in [0.1, 0.15) is 0 Å². The number of carbonyl (C=O) groups is 2. The van der Waals surface area contributed by atoms with Crippen LogP contribution in [0.5, 0.6) is 0 Å². The van der Waals surface area contributed by atoms with E-state index in [2.05, 4.69) is 21.2 Å². The van der Waals surface area contributed by atoms with Gasteiger partial charge in [-0.05, 0) is 36.5 Å². The maximum absolute atomic E-state index is 12.4. The Hall–Kier alpha value is -1.62. The number of nitrogens with one attached hydrogen (secondary N) is 1. The molecule has 2 bridgehead atoms.